The molecule has 5 aromatic carbocycles. The molecule has 6 rings (SSSR count). The van der Waals surface area contributed by atoms with Crippen molar-refractivity contribution in [1.29, 1.82) is 0 Å². The Morgan fingerprint density at radius 3 is 0.957 bits per heavy atom. The van der Waals surface area contributed by atoms with Gasteiger partial charge in [0.05, 0.1) is 0 Å². The molecule has 0 saturated heterocycles. The lowest BCUT2D eigenvalue weighted by molar-refractivity contribution is 1.05. The Labute approximate surface area is 274 Å². The highest BCUT2D eigenvalue weighted by Gasteiger charge is 2.10. The molecule has 0 N–H and O–H groups in total. The first-order valence-corrected chi connectivity index (χ1v) is 16.3. The van der Waals surface area contributed by atoms with E-state index in [1.165, 1.54) is 77.2 Å². The van der Waals surface area contributed by atoms with Crippen molar-refractivity contribution in [2.24, 2.45) is 0 Å². The average Bonchev–Trinajstić information content (AvgIpc) is 3.08. The van der Waals surface area contributed by atoms with Crippen molar-refractivity contribution < 1.29 is 0 Å². The number of rotatable bonds is 6. The van der Waals surface area contributed by atoms with Gasteiger partial charge in [0, 0.05) is 0 Å². The van der Waals surface area contributed by atoms with Crippen LogP contribution in [0.2, 0.25) is 0 Å². The molecule has 1 aliphatic rings. The first kappa shape index (κ1) is 30.8. The van der Waals surface area contributed by atoms with Crippen molar-refractivity contribution in [2.75, 3.05) is 0 Å². The highest BCUT2D eigenvalue weighted by molar-refractivity contribution is 5.90. The second kappa shape index (κ2) is 14.3. The lowest BCUT2D eigenvalue weighted by atomic mass is 9.92. The summed E-state index contributed by atoms with van der Waals surface area (Å²) in [5.41, 5.74) is 14.8. The molecule has 0 radical (unpaired) electrons. The van der Waals surface area contributed by atoms with E-state index < -0.39 is 0 Å². The summed E-state index contributed by atoms with van der Waals surface area (Å²) in [6.07, 6.45) is 16.0. The average molecular weight is 595 g/mol. The minimum absolute atomic E-state index is 0.986. The maximum atomic E-state index is 2.39. The van der Waals surface area contributed by atoms with Crippen LogP contribution < -0.4 is 10.4 Å². The lowest BCUT2D eigenvalue weighted by Crippen LogP contribution is -2.28. The van der Waals surface area contributed by atoms with Gasteiger partial charge in [-0.05, 0) is 108 Å². The summed E-state index contributed by atoms with van der Waals surface area (Å²) in [6, 6.07) is 44.5. The van der Waals surface area contributed by atoms with Crippen molar-refractivity contribution in [2.45, 2.75) is 40.5 Å². The second-order valence-electron chi connectivity index (χ2n) is 12.4. The minimum Gasteiger partial charge on any atom is -0.0836 e. The molecule has 0 heteroatoms. The van der Waals surface area contributed by atoms with Crippen molar-refractivity contribution in [1.82, 2.24) is 0 Å². The van der Waals surface area contributed by atoms with Crippen LogP contribution in [0.15, 0.2) is 158 Å². The normalized spacial score (nSPS) is 12.8. The van der Waals surface area contributed by atoms with Crippen LogP contribution in [0.1, 0.15) is 57.3 Å². The predicted octanol–water partition coefficient (Wildman–Crippen LogP) is 10.4. The van der Waals surface area contributed by atoms with Gasteiger partial charge >= 0.3 is 0 Å². The van der Waals surface area contributed by atoms with E-state index in [4.69, 9.17) is 0 Å². The minimum atomic E-state index is 0.986. The molecule has 0 nitrogen and oxygen atoms in total. The van der Waals surface area contributed by atoms with E-state index in [9.17, 15) is 0 Å². The quantitative estimate of drug-likeness (QED) is 0.183. The first-order chi connectivity index (χ1) is 22.4. The third-order valence-corrected chi connectivity index (χ3v) is 8.69. The molecule has 0 heterocycles. The van der Waals surface area contributed by atoms with Crippen LogP contribution in [0.5, 0.6) is 0 Å². The SMILES string of the molecule is Cc1ccc(C(=CC2=c3ccccc3=C(C=C(c3ccc(C)cc3)c3ccc(C)cc3)C=CCCC=C2)c2ccc(C)cc2)cc1. The zero-order valence-corrected chi connectivity index (χ0v) is 27.4. The fourth-order valence-electron chi connectivity index (χ4n) is 5.94. The maximum Gasteiger partial charge on any atom is -0.0105 e. The van der Waals surface area contributed by atoms with E-state index in [0.717, 1.165) is 12.8 Å². The number of allylic oxidation sites excluding steroid dienone is 6. The molecule has 0 fully saturated rings. The topological polar surface area (TPSA) is 0 Å². The van der Waals surface area contributed by atoms with Crippen molar-refractivity contribution >= 4 is 22.3 Å². The molecule has 5 aromatic rings. The Bertz CT molecular complexity index is 1810. The summed E-state index contributed by atoms with van der Waals surface area (Å²) in [5, 5.41) is 2.45. The summed E-state index contributed by atoms with van der Waals surface area (Å²) in [6.45, 7) is 8.59. The van der Waals surface area contributed by atoms with Crippen molar-refractivity contribution in [3.05, 3.63) is 213 Å². The fourth-order valence-corrected chi connectivity index (χ4v) is 5.94. The van der Waals surface area contributed by atoms with Gasteiger partial charge in [0.1, 0.15) is 0 Å². The van der Waals surface area contributed by atoms with Gasteiger partial charge in [0.2, 0.25) is 0 Å². The summed E-state index contributed by atoms with van der Waals surface area (Å²) in [5.74, 6) is 0. The number of aryl methyl sites for hydroxylation is 4. The zero-order chi connectivity index (χ0) is 31.9. The van der Waals surface area contributed by atoms with Crippen molar-refractivity contribution in [3.63, 3.8) is 0 Å². The lowest BCUT2D eigenvalue weighted by Gasteiger charge is -2.13. The standard InChI is InChI=1S/C46H42/c1-33-15-23-37(24-16-33)45(38-25-17-34(2)18-26-38)31-41-11-7-5-6-8-12-42(44-14-10-9-13-43(41)44)32-46(39-27-19-35(3)20-28-39)40-29-21-36(4)22-30-40/h7-32H,5-6H2,1-4H3. The third kappa shape index (κ3) is 7.36. The van der Waals surface area contributed by atoms with E-state index in [2.05, 4.69) is 185 Å². The predicted molar refractivity (Wildman–Crippen MR) is 199 cm³/mol. The maximum absolute atomic E-state index is 2.39. The summed E-state index contributed by atoms with van der Waals surface area (Å²) >= 11 is 0. The van der Waals surface area contributed by atoms with Crippen LogP contribution in [0.25, 0.3) is 22.3 Å². The van der Waals surface area contributed by atoms with Crippen LogP contribution in [0.4, 0.5) is 0 Å². The first-order valence-electron chi connectivity index (χ1n) is 16.3. The van der Waals surface area contributed by atoms with E-state index in [-0.39, 0.29) is 0 Å². The Hall–Kier alpha value is -5.20. The van der Waals surface area contributed by atoms with E-state index >= 15 is 0 Å². The van der Waals surface area contributed by atoms with Gasteiger partial charge in [0.15, 0.2) is 0 Å². The second-order valence-corrected chi connectivity index (χ2v) is 12.4. The fraction of sp³-hybridized carbons (Fsp3) is 0.130. The molecule has 46 heavy (non-hydrogen) atoms. The van der Waals surface area contributed by atoms with E-state index in [1.807, 2.05) is 0 Å². The van der Waals surface area contributed by atoms with Gasteiger partial charge in [-0.1, -0.05) is 168 Å². The monoisotopic (exact) mass is 594 g/mol. The number of hydrogen-bond donors (Lipinski definition) is 0. The molecular weight excluding hydrogens is 553 g/mol. The van der Waals surface area contributed by atoms with Gasteiger partial charge in [-0.15, -0.1) is 0 Å². The Morgan fingerprint density at radius 1 is 0.391 bits per heavy atom. The van der Waals surface area contributed by atoms with Crippen LogP contribution in [0, 0.1) is 27.7 Å². The largest absolute Gasteiger partial charge is 0.0836 e. The van der Waals surface area contributed by atoms with Crippen LogP contribution >= 0.6 is 0 Å². The zero-order valence-electron chi connectivity index (χ0n) is 27.4. The third-order valence-electron chi connectivity index (χ3n) is 8.69. The molecule has 0 saturated carbocycles. The molecule has 0 bridgehead atoms. The highest BCUT2D eigenvalue weighted by atomic mass is 14.1. The molecule has 0 unspecified atom stereocenters. The van der Waals surface area contributed by atoms with Crippen LogP contribution in [-0.4, -0.2) is 0 Å². The summed E-state index contributed by atoms with van der Waals surface area (Å²) in [4.78, 5) is 0. The number of fused-ring (bicyclic) bond motifs is 1. The van der Waals surface area contributed by atoms with Gasteiger partial charge < -0.3 is 0 Å². The summed E-state index contributed by atoms with van der Waals surface area (Å²) < 4.78 is 0. The molecule has 0 aliphatic heterocycles. The van der Waals surface area contributed by atoms with E-state index in [1.54, 1.807) is 0 Å². The Kier molecular flexibility index (Phi) is 9.56. The van der Waals surface area contributed by atoms with Gasteiger partial charge in [-0.25, -0.2) is 0 Å². The molecule has 226 valence electrons. The smallest absolute Gasteiger partial charge is 0.0105 e. The number of benzene rings is 5. The Balaban J connectivity index is 1.67. The molecule has 0 spiro atoms. The molecule has 0 amide bonds. The van der Waals surface area contributed by atoms with Crippen molar-refractivity contribution in [3.8, 4) is 0 Å². The Morgan fingerprint density at radius 2 is 0.674 bits per heavy atom. The highest BCUT2D eigenvalue weighted by Crippen LogP contribution is 2.28. The molecule has 1 aliphatic carbocycles. The van der Waals surface area contributed by atoms with Gasteiger partial charge in [-0.3, -0.25) is 0 Å². The molecule has 0 aromatic heterocycles. The van der Waals surface area contributed by atoms with Crippen LogP contribution in [-0.2, 0) is 0 Å². The van der Waals surface area contributed by atoms with Gasteiger partial charge in [-0.2, -0.15) is 0 Å². The molecular formula is C46H42. The van der Waals surface area contributed by atoms with Gasteiger partial charge in [0.25, 0.3) is 0 Å². The van der Waals surface area contributed by atoms with Crippen LogP contribution in [0.3, 0.4) is 0 Å². The summed E-state index contributed by atoms with van der Waals surface area (Å²) in [7, 11) is 0. The number of hydrogen-bond acceptors (Lipinski definition) is 0. The van der Waals surface area contributed by atoms with E-state index in [0.29, 0.717) is 0 Å². The molecule has 0 atom stereocenters.